The predicted molar refractivity (Wildman–Crippen MR) is 74.0 cm³/mol. The van der Waals surface area contributed by atoms with Crippen molar-refractivity contribution in [2.75, 3.05) is 25.0 Å². The molecule has 0 aliphatic carbocycles. The summed E-state index contributed by atoms with van der Waals surface area (Å²) in [6, 6.07) is 4.45. The molecule has 0 aliphatic heterocycles. The van der Waals surface area contributed by atoms with Crippen LogP contribution in [0.1, 0.15) is 31.1 Å². The number of hydrogen-bond acceptors (Lipinski definition) is 3. The highest BCUT2D eigenvalue weighted by atomic mass is 19.1. The van der Waals surface area contributed by atoms with Gasteiger partial charge in [0.15, 0.2) is 0 Å². The smallest absolute Gasteiger partial charge is 0.253 e. The number of amides is 1. The van der Waals surface area contributed by atoms with Crippen molar-refractivity contribution in [2.24, 2.45) is 0 Å². The molecule has 19 heavy (non-hydrogen) atoms. The van der Waals surface area contributed by atoms with Gasteiger partial charge in [-0.3, -0.25) is 4.79 Å². The van der Waals surface area contributed by atoms with Gasteiger partial charge in [-0.05, 0) is 32.9 Å². The van der Waals surface area contributed by atoms with E-state index in [4.69, 9.17) is 4.74 Å². The molecule has 0 fully saturated rings. The van der Waals surface area contributed by atoms with Gasteiger partial charge in [0.2, 0.25) is 0 Å². The van der Waals surface area contributed by atoms with Crippen LogP contribution in [0.25, 0.3) is 0 Å². The van der Waals surface area contributed by atoms with Crippen LogP contribution in [0.4, 0.5) is 10.1 Å². The van der Waals surface area contributed by atoms with Gasteiger partial charge >= 0.3 is 0 Å². The lowest BCUT2D eigenvalue weighted by atomic mass is 10.1. The molecule has 0 aromatic heterocycles. The summed E-state index contributed by atoms with van der Waals surface area (Å²) in [6.07, 6.45) is 0.128. The lowest BCUT2D eigenvalue weighted by Gasteiger charge is -2.12. The zero-order chi connectivity index (χ0) is 14.3. The van der Waals surface area contributed by atoms with Gasteiger partial charge in [0.25, 0.3) is 5.91 Å². The van der Waals surface area contributed by atoms with Crippen LogP contribution in [0.15, 0.2) is 18.2 Å². The number of carbonyl (C=O) groups excluding carboxylic acids is 1. The lowest BCUT2D eigenvalue weighted by molar-refractivity contribution is 0.0747. The van der Waals surface area contributed by atoms with Crippen molar-refractivity contribution in [3.63, 3.8) is 0 Å². The molecule has 0 atom stereocenters. The van der Waals surface area contributed by atoms with Gasteiger partial charge < -0.3 is 15.4 Å². The number of benzene rings is 1. The van der Waals surface area contributed by atoms with Gasteiger partial charge in [0.05, 0.1) is 24.0 Å². The van der Waals surface area contributed by atoms with Crippen LogP contribution in [0.5, 0.6) is 0 Å². The van der Waals surface area contributed by atoms with E-state index < -0.39 is 5.82 Å². The molecule has 4 nitrogen and oxygen atoms in total. The summed E-state index contributed by atoms with van der Waals surface area (Å²) < 4.78 is 18.9. The molecular formula is C14H21FN2O2. The summed E-state index contributed by atoms with van der Waals surface area (Å²) in [7, 11) is 0. The zero-order valence-electron chi connectivity index (χ0n) is 11.6. The zero-order valence-corrected chi connectivity index (χ0v) is 11.6. The maximum absolute atomic E-state index is 13.6. The normalized spacial score (nSPS) is 10.6. The topological polar surface area (TPSA) is 50.4 Å². The van der Waals surface area contributed by atoms with Gasteiger partial charge in [0.1, 0.15) is 5.82 Å². The maximum atomic E-state index is 13.6. The Bertz CT molecular complexity index is 422. The van der Waals surface area contributed by atoms with Crippen LogP contribution in [0, 0.1) is 5.82 Å². The lowest BCUT2D eigenvalue weighted by Crippen LogP contribution is -2.29. The molecule has 0 aliphatic rings. The fourth-order valence-electron chi connectivity index (χ4n) is 1.62. The predicted octanol–water partition coefficient (Wildman–Crippen LogP) is 2.41. The van der Waals surface area contributed by atoms with E-state index in [1.807, 2.05) is 20.8 Å². The van der Waals surface area contributed by atoms with Crippen molar-refractivity contribution in [1.29, 1.82) is 0 Å². The van der Waals surface area contributed by atoms with Crippen LogP contribution >= 0.6 is 0 Å². The highest BCUT2D eigenvalue weighted by molar-refractivity contribution is 5.99. The van der Waals surface area contributed by atoms with Gasteiger partial charge in [-0.1, -0.05) is 6.07 Å². The van der Waals surface area contributed by atoms with E-state index in [0.717, 1.165) is 0 Å². The molecule has 0 radical (unpaired) electrons. The van der Waals surface area contributed by atoms with E-state index in [1.54, 1.807) is 6.07 Å². The minimum Gasteiger partial charge on any atom is -0.382 e. The molecule has 0 saturated heterocycles. The molecule has 0 bridgehead atoms. The van der Waals surface area contributed by atoms with Crippen molar-refractivity contribution < 1.29 is 13.9 Å². The van der Waals surface area contributed by atoms with Gasteiger partial charge in [0, 0.05) is 13.1 Å². The first-order valence-corrected chi connectivity index (χ1v) is 6.48. The second-order valence-corrected chi connectivity index (χ2v) is 4.37. The van der Waals surface area contributed by atoms with Gasteiger partial charge in [-0.15, -0.1) is 0 Å². The van der Waals surface area contributed by atoms with E-state index in [1.165, 1.54) is 12.1 Å². The van der Waals surface area contributed by atoms with E-state index in [9.17, 15) is 9.18 Å². The number of ether oxygens (including phenoxy) is 1. The first-order chi connectivity index (χ1) is 9.06. The number of para-hydroxylation sites is 1. The number of rotatable bonds is 7. The summed E-state index contributed by atoms with van der Waals surface area (Å²) in [6.45, 7) is 7.10. The van der Waals surface area contributed by atoms with Crippen LogP contribution in [-0.2, 0) is 4.74 Å². The van der Waals surface area contributed by atoms with Crippen LogP contribution in [-0.4, -0.2) is 31.7 Å². The monoisotopic (exact) mass is 268 g/mol. The van der Waals surface area contributed by atoms with Gasteiger partial charge in [-0.2, -0.15) is 0 Å². The van der Waals surface area contributed by atoms with Gasteiger partial charge in [-0.25, -0.2) is 4.39 Å². The van der Waals surface area contributed by atoms with Crippen molar-refractivity contribution in [3.05, 3.63) is 29.6 Å². The number of halogens is 1. The highest BCUT2D eigenvalue weighted by Crippen LogP contribution is 2.19. The molecule has 1 amide bonds. The second kappa shape index (κ2) is 7.74. The maximum Gasteiger partial charge on any atom is 0.253 e. The fourth-order valence-corrected chi connectivity index (χ4v) is 1.62. The molecule has 0 heterocycles. The highest BCUT2D eigenvalue weighted by Gasteiger charge is 2.13. The Morgan fingerprint density at radius 3 is 2.79 bits per heavy atom. The fraction of sp³-hybridized carbons (Fsp3) is 0.500. The number of carbonyl (C=O) groups is 1. The molecule has 5 heteroatoms. The average Bonchev–Trinajstić information content (AvgIpc) is 2.36. The van der Waals surface area contributed by atoms with Crippen LogP contribution in [0.3, 0.4) is 0 Å². The van der Waals surface area contributed by atoms with Crippen molar-refractivity contribution in [3.8, 4) is 0 Å². The van der Waals surface area contributed by atoms with Crippen molar-refractivity contribution in [1.82, 2.24) is 5.32 Å². The van der Waals surface area contributed by atoms with E-state index in [0.29, 0.717) is 25.3 Å². The minimum absolute atomic E-state index is 0.128. The number of hydrogen-bond donors (Lipinski definition) is 2. The third-order valence-corrected chi connectivity index (χ3v) is 2.45. The Morgan fingerprint density at radius 2 is 2.16 bits per heavy atom. The van der Waals surface area contributed by atoms with E-state index in [2.05, 4.69) is 10.6 Å². The quantitative estimate of drug-likeness (QED) is 0.747. The molecule has 2 N–H and O–H groups in total. The van der Waals surface area contributed by atoms with E-state index >= 15 is 0 Å². The summed E-state index contributed by atoms with van der Waals surface area (Å²) in [5, 5.41) is 5.58. The van der Waals surface area contributed by atoms with E-state index in [-0.39, 0.29) is 17.7 Å². The third kappa shape index (κ3) is 4.87. The molecule has 1 aromatic rings. The molecule has 0 unspecified atom stereocenters. The molecule has 106 valence electrons. The first-order valence-electron chi connectivity index (χ1n) is 6.48. The Labute approximate surface area is 113 Å². The summed E-state index contributed by atoms with van der Waals surface area (Å²) >= 11 is 0. The average molecular weight is 268 g/mol. The molecule has 1 aromatic carbocycles. The second-order valence-electron chi connectivity index (χ2n) is 4.37. The largest absolute Gasteiger partial charge is 0.382 e. The van der Waals surface area contributed by atoms with Crippen molar-refractivity contribution >= 4 is 11.6 Å². The third-order valence-electron chi connectivity index (χ3n) is 2.45. The number of nitrogens with one attached hydrogen (secondary N) is 2. The standard InChI is InChI=1S/C14H21FN2O2/c1-4-16-13-11(6-5-7-12(13)15)14(18)17-8-9-19-10(2)3/h5-7,10,16H,4,8-9H2,1-3H3,(H,17,18). The summed E-state index contributed by atoms with van der Waals surface area (Å²) in [5.74, 6) is -0.726. The Hall–Kier alpha value is -1.62. The SMILES string of the molecule is CCNc1c(F)cccc1C(=O)NCCOC(C)C. The number of anilines is 1. The molecule has 0 spiro atoms. The Balaban J connectivity index is 2.63. The first kappa shape index (κ1) is 15.4. The molecule has 0 saturated carbocycles. The molecular weight excluding hydrogens is 247 g/mol. The summed E-state index contributed by atoms with van der Waals surface area (Å²) in [5.41, 5.74) is 0.554. The Morgan fingerprint density at radius 1 is 1.42 bits per heavy atom. The Kier molecular flexibility index (Phi) is 6.29. The van der Waals surface area contributed by atoms with Crippen molar-refractivity contribution in [2.45, 2.75) is 26.9 Å². The minimum atomic E-state index is -0.423. The van der Waals surface area contributed by atoms with Crippen LogP contribution in [0.2, 0.25) is 0 Å². The summed E-state index contributed by atoms with van der Waals surface area (Å²) in [4.78, 5) is 12.0. The van der Waals surface area contributed by atoms with Crippen LogP contribution < -0.4 is 10.6 Å². The molecule has 1 rings (SSSR count).